The number of aromatic hydroxyl groups is 1. The maximum Gasteiger partial charge on any atom is 0.169 e. The summed E-state index contributed by atoms with van der Waals surface area (Å²) in [7, 11) is 0. The zero-order chi connectivity index (χ0) is 10.8. The van der Waals surface area contributed by atoms with Crippen molar-refractivity contribution in [1.82, 2.24) is 4.98 Å². The van der Waals surface area contributed by atoms with Crippen LogP contribution in [0.15, 0.2) is 24.3 Å². The fourth-order valence-electron chi connectivity index (χ4n) is 1.25. The molecule has 2 rings (SSSR count). The van der Waals surface area contributed by atoms with E-state index in [4.69, 9.17) is 5.11 Å². The van der Waals surface area contributed by atoms with E-state index in [1.807, 2.05) is 6.92 Å². The Hall–Kier alpha value is -1.68. The van der Waals surface area contributed by atoms with E-state index in [0.29, 0.717) is 5.69 Å². The predicted octanol–water partition coefficient (Wildman–Crippen LogP) is 2.64. The maximum absolute atomic E-state index is 10.6. The van der Waals surface area contributed by atoms with E-state index in [9.17, 15) is 4.79 Å². The molecule has 76 valence electrons. The van der Waals surface area contributed by atoms with E-state index in [-0.39, 0.29) is 5.75 Å². The van der Waals surface area contributed by atoms with Gasteiger partial charge in [-0.05, 0) is 31.2 Å². The molecule has 0 fully saturated rings. The first-order valence-electron chi connectivity index (χ1n) is 4.42. The highest BCUT2D eigenvalue weighted by Gasteiger charge is 2.08. The molecular weight excluding hydrogens is 210 g/mol. The number of phenols is 1. The summed E-state index contributed by atoms with van der Waals surface area (Å²) in [5.41, 5.74) is 1.40. The molecule has 0 saturated carbocycles. The first-order chi connectivity index (χ1) is 7.20. The smallest absolute Gasteiger partial charge is 0.169 e. The third-order valence-electron chi connectivity index (χ3n) is 2.06. The van der Waals surface area contributed by atoms with Crippen LogP contribution in [0.5, 0.6) is 5.75 Å². The molecule has 1 aromatic heterocycles. The number of aldehydes is 1. The summed E-state index contributed by atoms with van der Waals surface area (Å²) >= 11 is 1.47. The molecule has 2 aromatic rings. The highest BCUT2D eigenvalue weighted by Crippen LogP contribution is 2.27. The average molecular weight is 219 g/mol. The van der Waals surface area contributed by atoms with Crippen molar-refractivity contribution in [1.29, 1.82) is 0 Å². The number of benzene rings is 1. The van der Waals surface area contributed by atoms with E-state index in [2.05, 4.69) is 4.98 Å². The molecule has 0 bridgehead atoms. The second-order valence-corrected chi connectivity index (χ2v) is 4.33. The lowest BCUT2D eigenvalue weighted by molar-refractivity contribution is 0.111. The summed E-state index contributed by atoms with van der Waals surface area (Å²) in [6, 6.07) is 6.77. The summed E-state index contributed by atoms with van der Waals surface area (Å²) < 4.78 is 0. The van der Waals surface area contributed by atoms with Gasteiger partial charge >= 0.3 is 0 Å². The van der Waals surface area contributed by atoms with Crippen molar-refractivity contribution in [3.05, 3.63) is 34.8 Å². The first-order valence-corrected chi connectivity index (χ1v) is 5.24. The first kappa shape index (κ1) is 9.86. The molecule has 0 amide bonds. The Balaban J connectivity index is 2.45. The Morgan fingerprint density at radius 2 is 2.00 bits per heavy atom. The molecular formula is C11H9NO2S. The number of aromatic nitrogens is 1. The molecule has 1 N–H and O–H groups in total. The largest absolute Gasteiger partial charge is 0.508 e. The zero-order valence-corrected chi connectivity index (χ0v) is 8.91. The second kappa shape index (κ2) is 3.82. The third kappa shape index (κ3) is 1.89. The molecule has 0 aliphatic rings. The number of phenolic OH excluding ortho intramolecular Hbond substituents is 1. The number of aryl methyl sites for hydroxylation is 1. The molecule has 0 aliphatic carbocycles. The lowest BCUT2D eigenvalue weighted by Gasteiger charge is -1.95. The number of thiazole rings is 1. The van der Waals surface area contributed by atoms with Crippen LogP contribution in [0.2, 0.25) is 0 Å². The molecule has 0 radical (unpaired) electrons. The summed E-state index contributed by atoms with van der Waals surface area (Å²) in [6.07, 6.45) is 0.760. The van der Waals surface area contributed by atoms with Crippen molar-refractivity contribution >= 4 is 17.6 Å². The van der Waals surface area contributed by atoms with Crippen molar-refractivity contribution in [2.45, 2.75) is 6.92 Å². The number of carbonyl (C=O) groups is 1. The van der Waals surface area contributed by atoms with Crippen molar-refractivity contribution in [3.8, 4) is 16.3 Å². The van der Waals surface area contributed by atoms with Crippen LogP contribution >= 0.6 is 11.3 Å². The van der Waals surface area contributed by atoms with Gasteiger partial charge in [-0.25, -0.2) is 4.98 Å². The molecule has 4 heteroatoms. The number of nitrogens with zero attached hydrogens (tertiary/aromatic N) is 1. The van der Waals surface area contributed by atoms with Crippen molar-refractivity contribution in [2.75, 3.05) is 0 Å². The Morgan fingerprint density at radius 1 is 1.33 bits per heavy atom. The van der Waals surface area contributed by atoms with Gasteiger partial charge in [-0.3, -0.25) is 4.79 Å². The van der Waals surface area contributed by atoms with Crippen molar-refractivity contribution in [3.63, 3.8) is 0 Å². The van der Waals surface area contributed by atoms with Crippen LogP contribution in [-0.4, -0.2) is 16.4 Å². The van der Waals surface area contributed by atoms with Crippen LogP contribution in [0.1, 0.15) is 15.4 Å². The average Bonchev–Trinajstić information content (AvgIpc) is 2.61. The van der Waals surface area contributed by atoms with E-state index >= 15 is 0 Å². The minimum absolute atomic E-state index is 0.225. The van der Waals surface area contributed by atoms with Gasteiger partial charge in [0, 0.05) is 10.4 Å². The minimum Gasteiger partial charge on any atom is -0.508 e. The second-order valence-electron chi connectivity index (χ2n) is 3.13. The van der Waals surface area contributed by atoms with Crippen molar-refractivity contribution < 1.29 is 9.90 Å². The molecule has 0 atom stereocenters. The summed E-state index contributed by atoms with van der Waals surface area (Å²) in [6.45, 7) is 1.87. The number of hydrogen-bond acceptors (Lipinski definition) is 4. The van der Waals surface area contributed by atoms with Gasteiger partial charge in [0.1, 0.15) is 16.5 Å². The van der Waals surface area contributed by atoms with Gasteiger partial charge in [-0.1, -0.05) is 0 Å². The van der Waals surface area contributed by atoms with Crippen LogP contribution < -0.4 is 0 Å². The third-order valence-corrected chi connectivity index (χ3v) is 3.09. The van der Waals surface area contributed by atoms with Gasteiger partial charge in [-0.2, -0.15) is 0 Å². The Labute approximate surface area is 91.0 Å². The molecule has 0 spiro atoms. The molecule has 1 aromatic carbocycles. The minimum atomic E-state index is 0.225. The Kier molecular flexibility index (Phi) is 2.51. The highest BCUT2D eigenvalue weighted by atomic mass is 32.1. The molecule has 3 nitrogen and oxygen atoms in total. The normalized spacial score (nSPS) is 10.2. The van der Waals surface area contributed by atoms with Crippen LogP contribution in [-0.2, 0) is 0 Å². The molecule has 0 unspecified atom stereocenters. The lowest BCUT2D eigenvalue weighted by Crippen LogP contribution is -1.82. The van der Waals surface area contributed by atoms with Gasteiger partial charge in [0.25, 0.3) is 0 Å². The summed E-state index contributed by atoms with van der Waals surface area (Å²) in [5.74, 6) is 0.225. The van der Waals surface area contributed by atoms with Gasteiger partial charge in [0.15, 0.2) is 6.29 Å². The van der Waals surface area contributed by atoms with E-state index in [0.717, 1.165) is 21.7 Å². The zero-order valence-electron chi connectivity index (χ0n) is 8.10. The quantitative estimate of drug-likeness (QED) is 0.790. The van der Waals surface area contributed by atoms with Gasteiger partial charge in [0.05, 0.1) is 0 Å². The standard InChI is InChI=1S/C11H9NO2S/c1-7-10(6-13)12-11(15-7)8-2-4-9(14)5-3-8/h2-6,14H,1H3. The predicted molar refractivity (Wildman–Crippen MR) is 59.3 cm³/mol. The topological polar surface area (TPSA) is 50.2 Å². The number of carbonyl (C=O) groups excluding carboxylic acids is 1. The van der Waals surface area contributed by atoms with Crippen LogP contribution in [0, 0.1) is 6.92 Å². The van der Waals surface area contributed by atoms with Crippen LogP contribution in [0.4, 0.5) is 0 Å². The van der Waals surface area contributed by atoms with E-state index < -0.39 is 0 Å². The monoisotopic (exact) mass is 219 g/mol. The summed E-state index contributed by atoms with van der Waals surface area (Å²) in [4.78, 5) is 15.7. The van der Waals surface area contributed by atoms with Gasteiger partial charge in [-0.15, -0.1) is 11.3 Å². The van der Waals surface area contributed by atoms with E-state index in [1.54, 1.807) is 24.3 Å². The highest BCUT2D eigenvalue weighted by molar-refractivity contribution is 7.15. The maximum atomic E-state index is 10.6. The lowest BCUT2D eigenvalue weighted by atomic mass is 10.2. The van der Waals surface area contributed by atoms with Crippen molar-refractivity contribution in [2.24, 2.45) is 0 Å². The molecule has 1 heterocycles. The molecule has 0 saturated heterocycles. The van der Waals surface area contributed by atoms with E-state index in [1.165, 1.54) is 11.3 Å². The summed E-state index contributed by atoms with van der Waals surface area (Å²) in [5, 5.41) is 9.94. The SMILES string of the molecule is Cc1sc(-c2ccc(O)cc2)nc1C=O. The van der Waals surface area contributed by atoms with Crippen LogP contribution in [0.3, 0.4) is 0 Å². The van der Waals surface area contributed by atoms with Crippen LogP contribution in [0.25, 0.3) is 10.6 Å². The number of hydrogen-bond donors (Lipinski definition) is 1. The van der Waals surface area contributed by atoms with Gasteiger partial charge in [0.2, 0.25) is 0 Å². The van der Waals surface area contributed by atoms with Gasteiger partial charge < -0.3 is 5.11 Å². The fourth-order valence-corrected chi connectivity index (χ4v) is 2.13. The Bertz CT molecular complexity index is 488. The Morgan fingerprint density at radius 3 is 2.53 bits per heavy atom. The fraction of sp³-hybridized carbons (Fsp3) is 0.0909. The molecule has 15 heavy (non-hydrogen) atoms. The molecule has 0 aliphatic heterocycles. The number of rotatable bonds is 2.